The highest BCUT2D eigenvalue weighted by Crippen LogP contribution is 2.08. The van der Waals surface area contributed by atoms with E-state index >= 15 is 0 Å². The van der Waals surface area contributed by atoms with Crippen LogP contribution in [0, 0.1) is 0 Å². The molecule has 0 unspecified atom stereocenters. The number of nitrogens with one attached hydrogen (secondary N) is 1. The summed E-state index contributed by atoms with van der Waals surface area (Å²) in [7, 11) is 0. The first kappa shape index (κ1) is 13.6. The van der Waals surface area contributed by atoms with E-state index in [9.17, 15) is 15.0 Å². The number of carbonyl (C=O) groups is 1. The number of hydrogen-bond acceptors (Lipinski definition) is 5. The van der Waals surface area contributed by atoms with Gasteiger partial charge in [0.2, 0.25) is 0 Å². The molecular weight excluding hydrogens is 226 g/mol. The lowest BCUT2D eigenvalue weighted by atomic mass is 10.1. The van der Waals surface area contributed by atoms with Gasteiger partial charge >= 0.3 is 0 Å². The first-order valence-corrected chi connectivity index (χ1v) is 5.07. The molecule has 0 saturated carbocycles. The van der Waals surface area contributed by atoms with Crippen LogP contribution in [0.1, 0.15) is 0 Å². The summed E-state index contributed by atoms with van der Waals surface area (Å²) < 4.78 is 0. The van der Waals surface area contributed by atoms with Gasteiger partial charge in [-0.25, -0.2) is 0 Å². The van der Waals surface area contributed by atoms with Crippen molar-refractivity contribution in [3.63, 3.8) is 0 Å². The molecule has 0 aliphatic rings. The zero-order valence-corrected chi connectivity index (χ0v) is 9.02. The van der Waals surface area contributed by atoms with Crippen LogP contribution in [0.25, 0.3) is 0 Å². The average molecular weight is 241 g/mol. The van der Waals surface area contributed by atoms with Gasteiger partial charge in [-0.05, 0) is 12.1 Å². The van der Waals surface area contributed by atoms with Crippen LogP contribution in [-0.4, -0.2) is 51.3 Å². The fourth-order valence-electron chi connectivity index (χ4n) is 1.21. The lowest BCUT2D eigenvalue weighted by Gasteiger charge is -2.20. The second-order valence-corrected chi connectivity index (χ2v) is 3.54. The van der Waals surface area contributed by atoms with Crippen molar-refractivity contribution in [1.29, 1.82) is 0 Å². The van der Waals surface area contributed by atoms with Crippen molar-refractivity contribution in [2.45, 2.75) is 18.3 Å². The number of aliphatic hydroxyl groups excluding tert-OH is 4. The predicted molar refractivity (Wildman–Crippen MR) is 60.2 cm³/mol. The molecule has 0 aliphatic carbocycles. The Bertz CT molecular complexity index is 356. The Morgan fingerprint density at radius 3 is 2.29 bits per heavy atom. The molecule has 0 aliphatic heterocycles. The van der Waals surface area contributed by atoms with Gasteiger partial charge in [0, 0.05) is 5.69 Å². The summed E-state index contributed by atoms with van der Waals surface area (Å²) in [5.41, 5.74) is 0.460. The van der Waals surface area contributed by atoms with E-state index < -0.39 is 30.8 Å². The normalized spacial score (nSPS) is 16.0. The van der Waals surface area contributed by atoms with E-state index in [1.807, 2.05) is 0 Å². The minimum absolute atomic E-state index is 0.460. The van der Waals surface area contributed by atoms with Crippen molar-refractivity contribution in [2.75, 3.05) is 11.9 Å². The molecule has 0 aromatic heterocycles. The lowest BCUT2D eigenvalue weighted by Crippen LogP contribution is -2.46. The molecular formula is C11H15NO5. The van der Waals surface area contributed by atoms with Crippen molar-refractivity contribution in [3.05, 3.63) is 30.3 Å². The molecule has 5 N–H and O–H groups in total. The summed E-state index contributed by atoms with van der Waals surface area (Å²) in [5.74, 6) is -0.851. The Hall–Kier alpha value is -1.47. The van der Waals surface area contributed by atoms with Crippen LogP contribution in [0.4, 0.5) is 5.69 Å². The van der Waals surface area contributed by atoms with Gasteiger partial charge in [0.1, 0.15) is 12.2 Å². The van der Waals surface area contributed by atoms with Crippen LogP contribution in [0.15, 0.2) is 30.3 Å². The van der Waals surface area contributed by atoms with Crippen LogP contribution >= 0.6 is 0 Å². The van der Waals surface area contributed by atoms with Crippen molar-refractivity contribution in [3.8, 4) is 0 Å². The average Bonchev–Trinajstić information content (AvgIpc) is 2.37. The standard InChI is InChI=1S/C11H15NO5/c13-6-8(14)9(15)10(16)11(17)12-7-4-2-1-3-5-7/h1-5,8-10,13-16H,6H2,(H,12,17)/t8-,9-,10+/m0/s1. The van der Waals surface area contributed by atoms with E-state index in [1.165, 1.54) is 0 Å². The van der Waals surface area contributed by atoms with Crippen LogP contribution in [0.2, 0.25) is 0 Å². The first-order valence-electron chi connectivity index (χ1n) is 5.07. The quantitative estimate of drug-likeness (QED) is 0.440. The Balaban J connectivity index is 2.59. The smallest absolute Gasteiger partial charge is 0.256 e. The summed E-state index contributed by atoms with van der Waals surface area (Å²) >= 11 is 0. The SMILES string of the molecule is O=C(Nc1ccccc1)[C@H](O)[C@@H](O)[C@@H](O)CO. The summed E-state index contributed by atoms with van der Waals surface area (Å²) in [4.78, 5) is 11.5. The number of carbonyl (C=O) groups excluding carboxylic acids is 1. The molecule has 0 fully saturated rings. The Labute approximate surface area is 98.1 Å². The monoisotopic (exact) mass is 241 g/mol. The van der Waals surface area contributed by atoms with E-state index in [2.05, 4.69) is 5.32 Å². The topological polar surface area (TPSA) is 110 Å². The molecule has 17 heavy (non-hydrogen) atoms. The largest absolute Gasteiger partial charge is 0.394 e. The van der Waals surface area contributed by atoms with E-state index in [4.69, 9.17) is 10.2 Å². The van der Waals surface area contributed by atoms with Crippen LogP contribution in [-0.2, 0) is 4.79 Å². The molecule has 1 amide bonds. The first-order chi connectivity index (χ1) is 8.06. The van der Waals surface area contributed by atoms with Crippen molar-refractivity contribution >= 4 is 11.6 Å². The van der Waals surface area contributed by atoms with Crippen LogP contribution < -0.4 is 5.32 Å². The maximum Gasteiger partial charge on any atom is 0.256 e. The number of aliphatic hydroxyl groups is 4. The minimum atomic E-state index is -1.81. The maximum atomic E-state index is 11.5. The van der Waals surface area contributed by atoms with Gasteiger partial charge in [0.05, 0.1) is 6.61 Å². The fraction of sp³-hybridized carbons (Fsp3) is 0.364. The minimum Gasteiger partial charge on any atom is -0.394 e. The van der Waals surface area contributed by atoms with Gasteiger partial charge in [0.15, 0.2) is 6.10 Å². The number of para-hydroxylation sites is 1. The zero-order chi connectivity index (χ0) is 12.8. The van der Waals surface area contributed by atoms with Crippen molar-refractivity contribution in [2.24, 2.45) is 0 Å². The molecule has 0 saturated heterocycles. The van der Waals surface area contributed by atoms with Gasteiger partial charge in [-0.15, -0.1) is 0 Å². The third-order valence-electron chi connectivity index (χ3n) is 2.21. The fourth-order valence-corrected chi connectivity index (χ4v) is 1.21. The maximum absolute atomic E-state index is 11.5. The molecule has 94 valence electrons. The number of amides is 1. The number of benzene rings is 1. The molecule has 0 spiro atoms. The molecule has 1 rings (SSSR count). The van der Waals surface area contributed by atoms with Crippen molar-refractivity contribution < 1.29 is 25.2 Å². The second-order valence-electron chi connectivity index (χ2n) is 3.54. The molecule has 6 heteroatoms. The van der Waals surface area contributed by atoms with Gasteiger partial charge in [-0.1, -0.05) is 18.2 Å². The van der Waals surface area contributed by atoms with Gasteiger partial charge in [-0.2, -0.15) is 0 Å². The molecule has 6 nitrogen and oxygen atoms in total. The highest BCUT2D eigenvalue weighted by molar-refractivity contribution is 5.94. The molecule has 0 heterocycles. The van der Waals surface area contributed by atoms with Gasteiger partial charge in [0.25, 0.3) is 5.91 Å². The number of rotatable bonds is 5. The molecule has 3 atom stereocenters. The van der Waals surface area contributed by atoms with Crippen LogP contribution in [0.3, 0.4) is 0 Å². The van der Waals surface area contributed by atoms with E-state index in [1.54, 1.807) is 30.3 Å². The van der Waals surface area contributed by atoms with E-state index in [0.717, 1.165) is 0 Å². The Kier molecular flexibility index (Phi) is 5.05. The molecule has 1 aromatic rings. The van der Waals surface area contributed by atoms with E-state index in [-0.39, 0.29) is 0 Å². The van der Waals surface area contributed by atoms with Crippen LogP contribution in [0.5, 0.6) is 0 Å². The summed E-state index contributed by atoms with van der Waals surface area (Å²) in [6, 6.07) is 8.37. The van der Waals surface area contributed by atoms with Gasteiger partial charge in [-0.3, -0.25) is 4.79 Å². The second kappa shape index (κ2) is 6.31. The van der Waals surface area contributed by atoms with Gasteiger partial charge < -0.3 is 25.7 Å². The summed E-state index contributed by atoms with van der Waals surface area (Å²) in [5, 5.41) is 38.7. The number of hydrogen-bond donors (Lipinski definition) is 5. The van der Waals surface area contributed by atoms with Crippen molar-refractivity contribution in [1.82, 2.24) is 0 Å². The highest BCUT2D eigenvalue weighted by atomic mass is 16.4. The molecule has 1 aromatic carbocycles. The zero-order valence-electron chi connectivity index (χ0n) is 9.02. The Morgan fingerprint density at radius 1 is 1.18 bits per heavy atom. The Morgan fingerprint density at radius 2 is 1.76 bits per heavy atom. The third-order valence-corrected chi connectivity index (χ3v) is 2.21. The van der Waals surface area contributed by atoms with E-state index in [0.29, 0.717) is 5.69 Å². The summed E-state index contributed by atoms with van der Waals surface area (Å²) in [6.07, 6.45) is -5.10. The predicted octanol–water partition coefficient (Wildman–Crippen LogP) is -1.30. The lowest BCUT2D eigenvalue weighted by molar-refractivity contribution is -0.137. The summed E-state index contributed by atoms with van der Waals surface area (Å²) in [6.45, 7) is -0.739. The molecule has 0 radical (unpaired) electrons. The number of anilines is 1. The third kappa shape index (κ3) is 3.79. The molecule has 0 bridgehead atoms. The highest BCUT2D eigenvalue weighted by Gasteiger charge is 2.29.